The SMILES string of the molecule is CC(C)[Si](C#Cc1cccc2cc3ccccc3cc12)(c1ccccc1)C(C)C. The van der Waals surface area contributed by atoms with Crippen LogP contribution in [0.2, 0.25) is 11.1 Å². The van der Waals surface area contributed by atoms with Crippen LogP contribution < -0.4 is 5.19 Å². The highest BCUT2D eigenvalue weighted by atomic mass is 28.3. The van der Waals surface area contributed by atoms with Crippen LogP contribution in [0.3, 0.4) is 0 Å². The van der Waals surface area contributed by atoms with Crippen molar-refractivity contribution in [3.63, 3.8) is 0 Å². The van der Waals surface area contributed by atoms with Gasteiger partial charge in [-0.3, -0.25) is 0 Å². The fraction of sp³-hybridized carbons (Fsp3) is 0.214. The fourth-order valence-corrected chi connectivity index (χ4v) is 9.13. The van der Waals surface area contributed by atoms with Crippen LogP contribution in [0.15, 0.2) is 84.9 Å². The first-order valence-corrected chi connectivity index (χ1v) is 12.7. The third kappa shape index (κ3) is 3.50. The lowest BCUT2D eigenvalue weighted by atomic mass is 10.0. The van der Waals surface area contributed by atoms with Gasteiger partial charge in [-0.2, -0.15) is 0 Å². The molecule has 0 unspecified atom stereocenters. The number of rotatable bonds is 3. The normalized spacial score (nSPS) is 11.8. The van der Waals surface area contributed by atoms with E-state index in [0.29, 0.717) is 11.1 Å². The molecule has 0 atom stereocenters. The van der Waals surface area contributed by atoms with E-state index < -0.39 is 8.07 Å². The Morgan fingerprint density at radius 3 is 1.86 bits per heavy atom. The summed E-state index contributed by atoms with van der Waals surface area (Å²) < 4.78 is 0. The summed E-state index contributed by atoms with van der Waals surface area (Å²) in [6.45, 7) is 9.41. The first-order chi connectivity index (χ1) is 14.0. The molecule has 29 heavy (non-hydrogen) atoms. The number of hydrogen-bond donors (Lipinski definition) is 0. The summed E-state index contributed by atoms with van der Waals surface area (Å²) >= 11 is 0. The third-order valence-electron chi connectivity index (χ3n) is 6.22. The molecule has 0 aromatic heterocycles. The molecular formula is C28H28Si. The van der Waals surface area contributed by atoms with Gasteiger partial charge in [0.15, 0.2) is 8.07 Å². The van der Waals surface area contributed by atoms with Crippen LogP contribution >= 0.6 is 0 Å². The maximum atomic E-state index is 3.89. The average molecular weight is 393 g/mol. The summed E-state index contributed by atoms with van der Waals surface area (Å²) in [5.74, 6) is 3.67. The second-order valence-electron chi connectivity index (χ2n) is 8.52. The van der Waals surface area contributed by atoms with Gasteiger partial charge in [-0.15, -0.1) is 5.54 Å². The summed E-state index contributed by atoms with van der Waals surface area (Å²) in [4.78, 5) is 0. The molecule has 1 heteroatoms. The van der Waals surface area contributed by atoms with Crippen molar-refractivity contribution in [1.29, 1.82) is 0 Å². The molecule has 0 heterocycles. The van der Waals surface area contributed by atoms with Gasteiger partial charge in [0.1, 0.15) is 0 Å². The van der Waals surface area contributed by atoms with Gasteiger partial charge in [0.2, 0.25) is 0 Å². The van der Waals surface area contributed by atoms with Crippen LogP contribution in [-0.4, -0.2) is 8.07 Å². The van der Waals surface area contributed by atoms with E-state index in [1.807, 2.05) is 0 Å². The standard InChI is InChI=1S/C28H28Si/c1-21(2)29(22(3)4,27-15-6-5-7-16-27)18-17-23-13-10-14-26-19-24-11-8-9-12-25(24)20-28(23)26/h5-16,19-22H,1-4H3. The molecule has 0 amide bonds. The topological polar surface area (TPSA) is 0 Å². The summed E-state index contributed by atoms with van der Waals surface area (Å²) in [7, 11) is -2.01. The Morgan fingerprint density at radius 1 is 0.621 bits per heavy atom. The minimum absolute atomic E-state index is 0.549. The third-order valence-corrected chi connectivity index (χ3v) is 11.7. The van der Waals surface area contributed by atoms with Crippen molar-refractivity contribution in [2.75, 3.05) is 0 Å². The van der Waals surface area contributed by atoms with Gasteiger partial charge in [-0.1, -0.05) is 100 Å². The van der Waals surface area contributed by atoms with Gasteiger partial charge in [-0.05, 0) is 56.0 Å². The zero-order valence-corrected chi connectivity index (χ0v) is 18.7. The molecule has 0 radical (unpaired) electrons. The smallest absolute Gasteiger partial charge is 0.120 e. The van der Waals surface area contributed by atoms with E-state index in [1.54, 1.807) is 0 Å². The van der Waals surface area contributed by atoms with Gasteiger partial charge in [0.25, 0.3) is 0 Å². The maximum absolute atomic E-state index is 3.89. The molecule has 0 fully saturated rings. The van der Waals surface area contributed by atoms with Crippen LogP contribution in [0, 0.1) is 11.5 Å². The molecule has 0 aliphatic heterocycles. The van der Waals surface area contributed by atoms with Crippen LogP contribution in [0.1, 0.15) is 33.3 Å². The molecule has 144 valence electrons. The summed E-state index contributed by atoms with van der Waals surface area (Å²) in [5, 5.41) is 6.51. The van der Waals surface area contributed by atoms with E-state index in [9.17, 15) is 0 Å². The van der Waals surface area contributed by atoms with Gasteiger partial charge in [0, 0.05) is 5.56 Å². The highest BCUT2D eigenvalue weighted by molar-refractivity contribution is 7.00. The van der Waals surface area contributed by atoms with Crippen LogP contribution in [0.25, 0.3) is 21.5 Å². The molecular weight excluding hydrogens is 364 g/mol. The van der Waals surface area contributed by atoms with Crippen molar-refractivity contribution >= 4 is 34.8 Å². The molecule has 4 rings (SSSR count). The molecule has 0 saturated heterocycles. The van der Waals surface area contributed by atoms with Crippen molar-refractivity contribution in [2.24, 2.45) is 0 Å². The molecule has 0 nitrogen and oxygen atoms in total. The predicted octanol–water partition coefficient (Wildman–Crippen LogP) is 7.06. The molecule has 0 spiro atoms. The monoisotopic (exact) mass is 392 g/mol. The van der Waals surface area contributed by atoms with Crippen LogP contribution in [0.5, 0.6) is 0 Å². The van der Waals surface area contributed by atoms with Crippen molar-refractivity contribution in [3.05, 3.63) is 90.5 Å². The molecule has 0 aliphatic carbocycles. The van der Waals surface area contributed by atoms with E-state index in [1.165, 1.54) is 26.7 Å². The quantitative estimate of drug-likeness (QED) is 0.199. The van der Waals surface area contributed by atoms with Crippen LogP contribution in [-0.2, 0) is 0 Å². The van der Waals surface area contributed by atoms with E-state index in [-0.39, 0.29) is 0 Å². The zero-order chi connectivity index (χ0) is 20.4. The van der Waals surface area contributed by atoms with E-state index in [0.717, 1.165) is 5.56 Å². The van der Waals surface area contributed by atoms with Gasteiger partial charge < -0.3 is 0 Å². The number of benzene rings is 4. The summed E-state index contributed by atoms with van der Waals surface area (Å²) in [5.41, 5.74) is 6.13. The van der Waals surface area contributed by atoms with Crippen LogP contribution in [0.4, 0.5) is 0 Å². The lowest BCUT2D eigenvalue weighted by molar-refractivity contribution is 0.931. The minimum Gasteiger partial charge on any atom is -0.120 e. The highest BCUT2D eigenvalue weighted by Gasteiger charge is 2.40. The molecule has 4 aromatic rings. The van der Waals surface area contributed by atoms with Crippen molar-refractivity contribution in [1.82, 2.24) is 0 Å². The average Bonchev–Trinajstić information content (AvgIpc) is 2.73. The molecule has 0 saturated carbocycles. The highest BCUT2D eigenvalue weighted by Crippen LogP contribution is 2.32. The molecule has 0 aliphatic rings. The maximum Gasteiger partial charge on any atom is 0.174 e. The Kier molecular flexibility index (Phi) is 5.31. The zero-order valence-electron chi connectivity index (χ0n) is 17.7. The Morgan fingerprint density at radius 2 is 1.21 bits per heavy atom. The lowest BCUT2D eigenvalue weighted by Crippen LogP contribution is -2.52. The van der Waals surface area contributed by atoms with E-state index in [2.05, 4.69) is 124 Å². The predicted molar refractivity (Wildman–Crippen MR) is 130 cm³/mol. The lowest BCUT2D eigenvalue weighted by Gasteiger charge is -2.34. The van der Waals surface area contributed by atoms with E-state index >= 15 is 0 Å². The second kappa shape index (κ2) is 7.89. The minimum atomic E-state index is -2.01. The van der Waals surface area contributed by atoms with Gasteiger partial charge in [0.05, 0.1) is 0 Å². The van der Waals surface area contributed by atoms with Crippen molar-refractivity contribution in [2.45, 2.75) is 38.8 Å². The summed E-state index contributed by atoms with van der Waals surface area (Å²) in [6.07, 6.45) is 0. The number of fused-ring (bicyclic) bond motifs is 2. The Hall–Kier alpha value is -2.82. The van der Waals surface area contributed by atoms with E-state index in [4.69, 9.17) is 0 Å². The Labute approximate surface area is 175 Å². The Balaban J connectivity index is 1.92. The van der Waals surface area contributed by atoms with Crippen molar-refractivity contribution < 1.29 is 0 Å². The van der Waals surface area contributed by atoms with Crippen molar-refractivity contribution in [3.8, 4) is 11.5 Å². The summed E-state index contributed by atoms with van der Waals surface area (Å²) in [6, 6.07) is 30.7. The first kappa shape index (κ1) is 19.5. The fourth-order valence-electron chi connectivity index (χ4n) is 4.65. The number of hydrogen-bond acceptors (Lipinski definition) is 0. The molecule has 0 bridgehead atoms. The molecule has 0 N–H and O–H groups in total. The van der Waals surface area contributed by atoms with Gasteiger partial charge in [-0.25, -0.2) is 0 Å². The Bertz CT molecular complexity index is 1200. The van der Waals surface area contributed by atoms with Gasteiger partial charge >= 0.3 is 0 Å². The second-order valence-corrected chi connectivity index (χ2v) is 13.4. The first-order valence-electron chi connectivity index (χ1n) is 10.5. The largest absolute Gasteiger partial charge is 0.174 e. The molecule has 4 aromatic carbocycles.